The fourth-order valence-electron chi connectivity index (χ4n) is 3.90. The Balaban J connectivity index is 1.46. The molecule has 0 aromatic carbocycles. The zero-order valence-electron chi connectivity index (χ0n) is 17.0. The summed E-state index contributed by atoms with van der Waals surface area (Å²) in [5, 5.41) is 11.9. The third kappa shape index (κ3) is 5.73. The monoisotopic (exact) mass is 378 g/mol. The molecule has 0 spiro atoms. The van der Waals surface area contributed by atoms with Crippen molar-refractivity contribution in [2.75, 3.05) is 45.9 Å². The summed E-state index contributed by atoms with van der Waals surface area (Å²) in [5.41, 5.74) is 0. The molecule has 2 aliphatic rings. The van der Waals surface area contributed by atoms with Crippen molar-refractivity contribution >= 4 is 5.91 Å². The van der Waals surface area contributed by atoms with Crippen molar-refractivity contribution in [1.82, 2.24) is 29.9 Å². The van der Waals surface area contributed by atoms with Crippen molar-refractivity contribution in [2.24, 2.45) is 7.05 Å². The van der Waals surface area contributed by atoms with Crippen LogP contribution < -0.4 is 5.32 Å². The molecule has 27 heavy (non-hydrogen) atoms. The summed E-state index contributed by atoms with van der Waals surface area (Å²) >= 11 is 0. The van der Waals surface area contributed by atoms with Crippen LogP contribution in [0.4, 0.5) is 0 Å². The lowest BCUT2D eigenvalue weighted by Crippen LogP contribution is -2.38. The molecule has 3 rings (SSSR count). The van der Waals surface area contributed by atoms with E-state index in [1.165, 1.54) is 0 Å². The smallest absolute Gasteiger partial charge is 0.221 e. The van der Waals surface area contributed by atoms with E-state index in [2.05, 4.69) is 36.9 Å². The quantitative estimate of drug-likeness (QED) is 0.754. The van der Waals surface area contributed by atoms with Crippen molar-refractivity contribution in [2.45, 2.75) is 51.6 Å². The molecule has 8 nitrogen and oxygen atoms in total. The number of morpholine rings is 1. The number of nitrogens with zero attached hydrogens (tertiary/aromatic N) is 5. The Hall–Kier alpha value is -1.51. The van der Waals surface area contributed by atoms with Crippen LogP contribution in [0.15, 0.2) is 0 Å². The summed E-state index contributed by atoms with van der Waals surface area (Å²) in [6.45, 7) is 11.3. The Morgan fingerprint density at radius 3 is 2.52 bits per heavy atom. The first kappa shape index (κ1) is 20.2. The first-order valence-electron chi connectivity index (χ1n) is 10.2. The summed E-state index contributed by atoms with van der Waals surface area (Å²) in [5.74, 6) is 2.75. The van der Waals surface area contributed by atoms with E-state index in [1.807, 2.05) is 13.8 Å². The fraction of sp³-hybridized carbons (Fsp3) is 0.842. The second-order valence-corrected chi connectivity index (χ2v) is 8.01. The number of rotatable bonds is 7. The van der Waals surface area contributed by atoms with Crippen LogP contribution in [0, 0.1) is 0 Å². The number of likely N-dealkylation sites (tertiary alicyclic amines) is 1. The third-order valence-corrected chi connectivity index (χ3v) is 5.52. The predicted octanol–water partition coefficient (Wildman–Crippen LogP) is 0.741. The molecule has 1 amide bonds. The normalized spacial score (nSPS) is 20.3. The fourth-order valence-corrected chi connectivity index (χ4v) is 3.90. The molecule has 3 heterocycles. The highest BCUT2D eigenvalue weighted by Crippen LogP contribution is 2.27. The molecule has 152 valence electrons. The van der Waals surface area contributed by atoms with Crippen LogP contribution in [-0.4, -0.2) is 82.5 Å². The van der Waals surface area contributed by atoms with Crippen molar-refractivity contribution in [1.29, 1.82) is 0 Å². The highest BCUT2D eigenvalue weighted by atomic mass is 16.5. The second-order valence-electron chi connectivity index (χ2n) is 8.01. The maximum atomic E-state index is 11.8. The van der Waals surface area contributed by atoms with Crippen molar-refractivity contribution in [3.05, 3.63) is 11.6 Å². The SMILES string of the molecule is CC(C)NC(=O)CCN1CCC(c2nnc(CN3CCOCC3)n2C)CC1. The average molecular weight is 379 g/mol. The molecular weight excluding hydrogens is 344 g/mol. The van der Waals surface area contributed by atoms with E-state index in [9.17, 15) is 4.79 Å². The predicted molar refractivity (Wildman–Crippen MR) is 103 cm³/mol. The Morgan fingerprint density at radius 1 is 1.15 bits per heavy atom. The van der Waals surface area contributed by atoms with Gasteiger partial charge in [0.25, 0.3) is 0 Å². The van der Waals surface area contributed by atoms with Crippen LogP contribution in [0.1, 0.15) is 50.7 Å². The lowest BCUT2D eigenvalue weighted by Gasteiger charge is -2.31. The minimum absolute atomic E-state index is 0.146. The largest absolute Gasteiger partial charge is 0.379 e. The van der Waals surface area contributed by atoms with Gasteiger partial charge < -0.3 is 19.5 Å². The molecule has 0 unspecified atom stereocenters. The molecule has 0 saturated carbocycles. The highest BCUT2D eigenvalue weighted by molar-refractivity contribution is 5.76. The minimum atomic E-state index is 0.146. The van der Waals surface area contributed by atoms with Crippen LogP contribution in [0.2, 0.25) is 0 Å². The number of carbonyl (C=O) groups is 1. The molecule has 8 heteroatoms. The molecule has 2 saturated heterocycles. The number of hydrogen-bond acceptors (Lipinski definition) is 6. The van der Waals surface area contributed by atoms with Gasteiger partial charge in [0.1, 0.15) is 11.6 Å². The molecule has 1 aromatic heterocycles. The standard InChI is InChI=1S/C19H34N6O2/c1-15(2)20-18(26)6-9-24-7-4-16(5-8-24)19-22-21-17(23(19)3)14-25-10-12-27-13-11-25/h15-16H,4-14H2,1-3H3,(H,20,26). The van der Waals surface area contributed by atoms with Gasteiger partial charge in [-0.1, -0.05) is 0 Å². The summed E-state index contributed by atoms with van der Waals surface area (Å²) < 4.78 is 7.60. The van der Waals surface area contributed by atoms with Crippen LogP contribution in [0.3, 0.4) is 0 Å². The summed E-state index contributed by atoms with van der Waals surface area (Å²) in [6, 6.07) is 0.214. The van der Waals surface area contributed by atoms with Gasteiger partial charge in [0, 0.05) is 45.1 Å². The first-order valence-corrected chi connectivity index (χ1v) is 10.2. The molecule has 1 aromatic rings. The summed E-state index contributed by atoms with van der Waals surface area (Å²) in [4.78, 5) is 16.6. The zero-order chi connectivity index (χ0) is 19.2. The number of amides is 1. The van der Waals surface area contributed by atoms with E-state index >= 15 is 0 Å². The number of nitrogens with one attached hydrogen (secondary N) is 1. The lowest BCUT2D eigenvalue weighted by molar-refractivity contribution is -0.121. The molecule has 0 bridgehead atoms. The average Bonchev–Trinajstić information content (AvgIpc) is 3.01. The Kier molecular flexibility index (Phi) is 7.20. The van der Waals surface area contributed by atoms with Gasteiger partial charge in [0.05, 0.1) is 19.8 Å². The number of hydrogen-bond donors (Lipinski definition) is 1. The van der Waals surface area contributed by atoms with Crippen LogP contribution >= 0.6 is 0 Å². The zero-order valence-corrected chi connectivity index (χ0v) is 17.0. The van der Waals surface area contributed by atoms with E-state index in [1.54, 1.807) is 0 Å². The maximum Gasteiger partial charge on any atom is 0.221 e. The van der Waals surface area contributed by atoms with Crippen LogP contribution in [-0.2, 0) is 23.1 Å². The van der Waals surface area contributed by atoms with Gasteiger partial charge in [0.2, 0.25) is 5.91 Å². The molecule has 1 N–H and O–H groups in total. The third-order valence-electron chi connectivity index (χ3n) is 5.52. The number of piperidine rings is 1. The topological polar surface area (TPSA) is 75.5 Å². The molecular formula is C19H34N6O2. The van der Waals surface area contributed by atoms with Crippen LogP contribution in [0.5, 0.6) is 0 Å². The Labute approximate surface area is 162 Å². The first-order chi connectivity index (χ1) is 13.0. The van der Waals surface area contributed by atoms with Gasteiger partial charge in [-0.05, 0) is 39.8 Å². The summed E-state index contributed by atoms with van der Waals surface area (Å²) in [7, 11) is 2.09. The minimum Gasteiger partial charge on any atom is -0.379 e. The van der Waals surface area contributed by atoms with E-state index in [0.717, 1.165) is 77.0 Å². The molecule has 0 atom stereocenters. The van der Waals surface area contributed by atoms with Gasteiger partial charge in [0.15, 0.2) is 0 Å². The summed E-state index contributed by atoms with van der Waals surface area (Å²) in [6.07, 6.45) is 2.74. The van der Waals surface area contributed by atoms with E-state index in [-0.39, 0.29) is 11.9 Å². The van der Waals surface area contributed by atoms with Crippen molar-refractivity contribution < 1.29 is 9.53 Å². The number of carbonyl (C=O) groups excluding carboxylic acids is 1. The highest BCUT2D eigenvalue weighted by Gasteiger charge is 2.26. The second kappa shape index (κ2) is 9.61. The van der Waals surface area contributed by atoms with Gasteiger partial charge in [-0.25, -0.2) is 0 Å². The van der Waals surface area contributed by atoms with Crippen LogP contribution in [0.25, 0.3) is 0 Å². The van der Waals surface area contributed by atoms with Crippen molar-refractivity contribution in [3.8, 4) is 0 Å². The molecule has 2 fully saturated rings. The van der Waals surface area contributed by atoms with E-state index in [4.69, 9.17) is 4.74 Å². The molecule has 0 radical (unpaired) electrons. The Morgan fingerprint density at radius 2 is 1.85 bits per heavy atom. The Bertz CT molecular complexity index is 603. The van der Waals surface area contributed by atoms with Gasteiger partial charge in [-0.2, -0.15) is 0 Å². The van der Waals surface area contributed by atoms with Gasteiger partial charge in [-0.15, -0.1) is 10.2 Å². The number of aromatic nitrogens is 3. The van der Waals surface area contributed by atoms with Gasteiger partial charge >= 0.3 is 0 Å². The van der Waals surface area contributed by atoms with E-state index in [0.29, 0.717) is 12.3 Å². The number of ether oxygens (including phenoxy) is 1. The molecule has 2 aliphatic heterocycles. The lowest BCUT2D eigenvalue weighted by atomic mass is 9.96. The molecule has 0 aliphatic carbocycles. The van der Waals surface area contributed by atoms with E-state index < -0.39 is 0 Å². The maximum absolute atomic E-state index is 11.8. The van der Waals surface area contributed by atoms with Crippen molar-refractivity contribution in [3.63, 3.8) is 0 Å². The van der Waals surface area contributed by atoms with Gasteiger partial charge in [-0.3, -0.25) is 9.69 Å².